The van der Waals surface area contributed by atoms with E-state index in [0.29, 0.717) is 5.02 Å². The summed E-state index contributed by atoms with van der Waals surface area (Å²) in [5, 5.41) is 17.0. The SMILES string of the molecule is Cc1nn(-c2ccc(Cl)cc2)c2nc(-c3ccc([N+](=O)[O-])cc3)ccc12. The average Bonchev–Trinajstić information content (AvgIpc) is 2.98. The van der Waals surface area contributed by atoms with Crippen molar-refractivity contribution in [3.05, 3.63) is 81.5 Å². The molecule has 0 aliphatic carbocycles. The quantitative estimate of drug-likeness (QED) is 0.380. The highest BCUT2D eigenvalue weighted by molar-refractivity contribution is 6.30. The fraction of sp³-hybridized carbons (Fsp3) is 0.0526. The minimum atomic E-state index is -0.417. The molecule has 0 saturated carbocycles. The van der Waals surface area contributed by atoms with Crippen LogP contribution in [0.4, 0.5) is 5.69 Å². The van der Waals surface area contributed by atoms with Gasteiger partial charge >= 0.3 is 0 Å². The van der Waals surface area contributed by atoms with Crippen LogP contribution in [0.5, 0.6) is 0 Å². The second-order valence-electron chi connectivity index (χ2n) is 5.85. The fourth-order valence-electron chi connectivity index (χ4n) is 2.82. The second kappa shape index (κ2) is 6.24. The van der Waals surface area contributed by atoms with Crippen LogP contribution in [-0.2, 0) is 0 Å². The molecule has 26 heavy (non-hydrogen) atoms. The number of fused-ring (bicyclic) bond motifs is 1. The molecule has 0 aliphatic heterocycles. The van der Waals surface area contributed by atoms with Gasteiger partial charge in [-0.3, -0.25) is 10.1 Å². The van der Waals surface area contributed by atoms with Crippen LogP contribution in [0.15, 0.2) is 60.7 Å². The highest BCUT2D eigenvalue weighted by atomic mass is 35.5. The van der Waals surface area contributed by atoms with Gasteiger partial charge in [-0.2, -0.15) is 5.10 Å². The van der Waals surface area contributed by atoms with Gasteiger partial charge in [0.15, 0.2) is 5.65 Å². The second-order valence-corrected chi connectivity index (χ2v) is 6.28. The number of aryl methyl sites for hydroxylation is 1. The first-order chi connectivity index (χ1) is 12.5. The maximum Gasteiger partial charge on any atom is 0.269 e. The molecule has 0 unspecified atom stereocenters. The summed E-state index contributed by atoms with van der Waals surface area (Å²) in [4.78, 5) is 15.1. The summed E-state index contributed by atoms with van der Waals surface area (Å²) in [5.74, 6) is 0. The highest BCUT2D eigenvalue weighted by Crippen LogP contribution is 2.26. The van der Waals surface area contributed by atoms with Crippen LogP contribution >= 0.6 is 11.6 Å². The Hall–Kier alpha value is -3.25. The van der Waals surface area contributed by atoms with Gasteiger partial charge in [0.1, 0.15) is 0 Å². The molecule has 128 valence electrons. The third-order valence-electron chi connectivity index (χ3n) is 4.16. The van der Waals surface area contributed by atoms with Gasteiger partial charge in [-0.25, -0.2) is 9.67 Å². The van der Waals surface area contributed by atoms with E-state index in [1.807, 2.05) is 31.2 Å². The molecule has 0 amide bonds. The molecule has 4 aromatic rings. The van der Waals surface area contributed by atoms with Crippen molar-refractivity contribution in [2.75, 3.05) is 0 Å². The van der Waals surface area contributed by atoms with E-state index in [2.05, 4.69) is 5.10 Å². The van der Waals surface area contributed by atoms with E-state index in [1.54, 1.807) is 28.9 Å². The molecule has 4 rings (SSSR count). The minimum absolute atomic E-state index is 0.0527. The van der Waals surface area contributed by atoms with Gasteiger partial charge in [-0.15, -0.1) is 0 Å². The summed E-state index contributed by atoms with van der Waals surface area (Å²) < 4.78 is 1.77. The molecule has 7 heteroatoms. The summed E-state index contributed by atoms with van der Waals surface area (Å²) in [7, 11) is 0. The molecule has 0 N–H and O–H groups in total. The van der Waals surface area contributed by atoms with Gasteiger partial charge in [0.05, 0.1) is 22.0 Å². The van der Waals surface area contributed by atoms with E-state index in [4.69, 9.17) is 16.6 Å². The Morgan fingerprint density at radius 2 is 1.69 bits per heavy atom. The maximum absolute atomic E-state index is 10.8. The molecule has 0 fully saturated rings. The van der Waals surface area contributed by atoms with Crippen molar-refractivity contribution in [3.63, 3.8) is 0 Å². The van der Waals surface area contributed by atoms with Crippen LogP contribution in [-0.4, -0.2) is 19.7 Å². The van der Waals surface area contributed by atoms with Crippen LogP contribution in [0.3, 0.4) is 0 Å². The zero-order valence-corrected chi connectivity index (χ0v) is 14.5. The monoisotopic (exact) mass is 364 g/mol. The number of benzene rings is 2. The van der Waals surface area contributed by atoms with E-state index >= 15 is 0 Å². The normalized spacial score (nSPS) is 11.0. The van der Waals surface area contributed by atoms with Crippen molar-refractivity contribution in [1.29, 1.82) is 0 Å². The van der Waals surface area contributed by atoms with E-state index in [1.165, 1.54) is 12.1 Å². The lowest BCUT2D eigenvalue weighted by atomic mass is 10.1. The number of nitro groups is 1. The Morgan fingerprint density at radius 3 is 2.35 bits per heavy atom. The molecule has 0 atom stereocenters. The first kappa shape index (κ1) is 16.2. The van der Waals surface area contributed by atoms with Crippen LogP contribution in [0.1, 0.15) is 5.69 Å². The number of aromatic nitrogens is 3. The van der Waals surface area contributed by atoms with Crippen molar-refractivity contribution < 1.29 is 4.92 Å². The Kier molecular flexibility index (Phi) is 3.89. The summed E-state index contributed by atoms with van der Waals surface area (Å²) in [6.45, 7) is 1.93. The van der Waals surface area contributed by atoms with Crippen molar-refractivity contribution >= 4 is 28.3 Å². The first-order valence-corrected chi connectivity index (χ1v) is 8.28. The Morgan fingerprint density at radius 1 is 1.00 bits per heavy atom. The summed E-state index contributed by atoms with van der Waals surface area (Å²) in [6.07, 6.45) is 0. The summed E-state index contributed by atoms with van der Waals surface area (Å²) >= 11 is 5.97. The first-order valence-electron chi connectivity index (χ1n) is 7.90. The molecule has 0 bridgehead atoms. The Balaban J connectivity index is 1.84. The molecule has 2 aromatic carbocycles. The van der Waals surface area contributed by atoms with Gasteiger partial charge in [0, 0.05) is 28.1 Å². The number of halogens is 1. The smallest absolute Gasteiger partial charge is 0.258 e. The number of rotatable bonds is 3. The molecule has 0 saturated heterocycles. The van der Waals surface area contributed by atoms with Crippen LogP contribution in [0, 0.1) is 17.0 Å². The van der Waals surface area contributed by atoms with Gasteiger partial charge < -0.3 is 0 Å². The molecule has 0 radical (unpaired) electrons. The largest absolute Gasteiger partial charge is 0.269 e. The van der Waals surface area contributed by atoms with Crippen molar-refractivity contribution in [3.8, 4) is 16.9 Å². The van der Waals surface area contributed by atoms with Crippen molar-refractivity contribution in [2.24, 2.45) is 0 Å². The van der Waals surface area contributed by atoms with Crippen LogP contribution < -0.4 is 0 Å². The fourth-order valence-corrected chi connectivity index (χ4v) is 2.95. The maximum atomic E-state index is 10.8. The molecule has 2 heterocycles. The lowest BCUT2D eigenvalue weighted by Gasteiger charge is -2.05. The highest BCUT2D eigenvalue weighted by Gasteiger charge is 2.13. The number of pyridine rings is 1. The van der Waals surface area contributed by atoms with E-state index in [0.717, 1.165) is 33.7 Å². The standard InChI is InChI=1S/C19H13ClN4O2/c1-12-17-10-11-18(13-2-6-16(7-3-13)24(25)26)21-19(17)23(22-12)15-8-4-14(20)5-9-15/h2-11H,1H3. The lowest BCUT2D eigenvalue weighted by molar-refractivity contribution is -0.384. The average molecular weight is 365 g/mol. The van der Waals surface area contributed by atoms with Gasteiger partial charge in [0.2, 0.25) is 0 Å². The van der Waals surface area contributed by atoms with E-state index in [-0.39, 0.29) is 5.69 Å². The molecule has 0 aliphatic rings. The van der Waals surface area contributed by atoms with E-state index in [9.17, 15) is 10.1 Å². The zero-order valence-electron chi connectivity index (χ0n) is 13.8. The van der Waals surface area contributed by atoms with Gasteiger partial charge in [0.25, 0.3) is 5.69 Å². The number of hydrogen-bond donors (Lipinski definition) is 0. The van der Waals surface area contributed by atoms with Gasteiger partial charge in [-0.05, 0) is 55.5 Å². The molecule has 2 aromatic heterocycles. The summed E-state index contributed by atoms with van der Waals surface area (Å²) in [6, 6.07) is 17.6. The minimum Gasteiger partial charge on any atom is -0.258 e. The molecular formula is C19H13ClN4O2. The predicted octanol–water partition coefficient (Wildman–Crippen LogP) is 4.96. The Bertz CT molecular complexity index is 1120. The third-order valence-corrected chi connectivity index (χ3v) is 4.41. The molecular weight excluding hydrogens is 352 g/mol. The van der Waals surface area contributed by atoms with Crippen molar-refractivity contribution in [1.82, 2.24) is 14.8 Å². The van der Waals surface area contributed by atoms with E-state index < -0.39 is 4.92 Å². The van der Waals surface area contributed by atoms with Crippen molar-refractivity contribution in [2.45, 2.75) is 6.92 Å². The lowest BCUT2D eigenvalue weighted by Crippen LogP contribution is -1.98. The number of nitrogens with zero attached hydrogens (tertiary/aromatic N) is 4. The molecule has 6 nitrogen and oxygen atoms in total. The number of nitro benzene ring substituents is 1. The number of hydrogen-bond acceptors (Lipinski definition) is 4. The third kappa shape index (κ3) is 2.80. The zero-order chi connectivity index (χ0) is 18.3. The van der Waals surface area contributed by atoms with Crippen LogP contribution in [0.2, 0.25) is 5.02 Å². The molecule has 0 spiro atoms. The predicted molar refractivity (Wildman–Crippen MR) is 101 cm³/mol. The Labute approximate surface area is 153 Å². The number of non-ortho nitro benzene ring substituents is 1. The van der Waals surface area contributed by atoms with Crippen LogP contribution in [0.25, 0.3) is 28.0 Å². The van der Waals surface area contributed by atoms with Gasteiger partial charge in [-0.1, -0.05) is 11.6 Å². The summed E-state index contributed by atoms with van der Waals surface area (Å²) in [5.41, 5.74) is 4.04. The topological polar surface area (TPSA) is 73.8 Å².